The zero-order chi connectivity index (χ0) is 20.5. The van der Waals surface area contributed by atoms with Gasteiger partial charge in [-0.15, -0.1) is 0 Å². The molecule has 2 aliphatic heterocycles. The second-order valence-electron chi connectivity index (χ2n) is 7.91. The van der Waals surface area contributed by atoms with E-state index in [-0.39, 0.29) is 35.8 Å². The van der Waals surface area contributed by atoms with Gasteiger partial charge in [0.1, 0.15) is 5.69 Å². The Morgan fingerprint density at radius 3 is 2.48 bits per heavy atom. The quantitative estimate of drug-likeness (QED) is 0.818. The van der Waals surface area contributed by atoms with Crippen LogP contribution in [0, 0.1) is 12.8 Å². The summed E-state index contributed by atoms with van der Waals surface area (Å²) in [5.74, 6) is -0.584. The summed E-state index contributed by atoms with van der Waals surface area (Å²) in [6.07, 6.45) is 1.83. The molecule has 1 aromatic heterocycles. The van der Waals surface area contributed by atoms with Gasteiger partial charge in [-0.3, -0.25) is 19.5 Å². The van der Waals surface area contributed by atoms with Crippen LogP contribution in [0.25, 0.3) is 0 Å². The third-order valence-corrected chi connectivity index (χ3v) is 5.92. The summed E-state index contributed by atoms with van der Waals surface area (Å²) in [4.78, 5) is 40.2. The summed E-state index contributed by atoms with van der Waals surface area (Å²) >= 11 is 0. The highest BCUT2D eigenvalue weighted by molar-refractivity contribution is 6.00. The molecular weight excluding hydrogens is 370 g/mol. The Morgan fingerprint density at radius 2 is 1.86 bits per heavy atom. The Morgan fingerprint density at radius 1 is 1.17 bits per heavy atom. The van der Waals surface area contributed by atoms with Crippen LogP contribution in [0.2, 0.25) is 0 Å². The largest absolute Gasteiger partial charge is 0.364 e. The summed E-state index contributed by atoms with van der Waals surface area (Å²) in [6, 6.07) is 9.50. The zero-order valence-electron chi connectivity index (χ0n) is 16.4. The SMILES string of the molecule is Cc1ccc(N2CC(C(=O)N3CCC(c4cc(C(N)=O)n[nH]4)CC3)CC2=O)cc1. The van der Waals surface area contributed by atoms with Crippen LogP contribution < -0.4 is 10.6 Å². The number of aryl methyl sites for hydroxylation is 1. The molecule has 0 bridgehead atoms. The van der Waals surface area contributed by atoms with Crippen molar-refractivity contribution < 1.29 is 14.4 Å². The number of anilines is 1. The molecule has 3 N–H and O–H groups in total. The fraction of sp³-hybridized carbons (Fsp3) is 0.429. The molecule has 8 nitrogen and oxygen atoms in total. The summed E-state index contributed by atoms with van der Waals surface area (Å²) in [6.45, 7) is 3.69. The van der Waals surface area contributed by atoms with E-state index < -0.39 is 5.91 Å². The second kappa shape index (κ2) is 7.69. The van der Waals surface area contributed by atoms with E-state index >= 15 is 0 Å². The molecule has 3 heterocycles. The fourth-order valence-electron chi connectivity index (χ4n) is 4.19. The number of piperidine rings is 1. The number of amides is 3. The highest BCUT2D eigenvalue weighted by atomic mass is 16.2. The Kier molecular flexibility index (Phi) is 5.08. The van der Waals surface area contributed by atoms with Crippen LogP contribution in [0.4, 0.5) is 5.69 Å². The summed E-state index contributed by atoms with van der Waals surface area (Å²) in [5.41, 5.74) is 8.35. The lowest BCUT2D eigenvalue weighted by Gasteiger charge is -2.33. The zero-order valence-corrected chi connectivity index (χ0v) is 16.4. The van der Waals surface area contributed by atoms with Crippen molar-refractivity contribution in [2.45, 2.75) is 32.1 Å². The van der Waals surface area contributed by atoms with E-state index in [1.165, 1.54) is 0 Å². The normalized spacial score (nSPS) is 20.3. The Labute approximate surface area is 169 Å². The number of rotatable bonds is 4. The molecule has 29 heavy (non-hydrogen) atoms. The van der Waals surface area contributed by atoms with Gasteiger partial charge in [-0.2, -0.15) is 5.10 Å². The minimum absolute atomic E-state index is 0.00136. The molecule has 2 aliphatic rings. The number of hydrogen-bond donors (Lipinski definition) is 2. The number of nitrogens with two attached hydrogens (primary N) is 1. The molecule has 1 atom stereocenters. The number of carbonyl (C=O) groups excluding carboxylic acids is 3. The van der Waals surface area contributed by atoms with E-state index in [1.54, 1.807) is 11.0 Å². The van der Waals surface area contributed by atoms with Crippen molar-refractivity contribution in [1.82, 2.24) is 15.1 Å². The van der Waals surface area contributed by atoms with Crippen LogP contribution in [-0.2, 0) is 9.59 Å². The molecule has 1 aromatic carbocycles. The van der Waals surface area contributed by atoms with Crippen molar-refractivity contribution in [2.75, 3.05) is 24.5 Å². The average molecular weight is 395 g/mol. The van der Waals surface area contributed by atoms with E-state index in [2.05, 4.69) is 10.2 Å². The van der Waals surface area contributed by atoms with Crippen molar-refractivity contribution in [2.24, 2.45) is 11.7 Å². The molecule has 4 rings (SSSR count). The lowest BCUT2D eigenvalue weighted by molar-refractivity contribution is -0.136. The molecule has 3 amide bonds. The molecule has 2 aromatic rings. The Hall–Kier alpha value is -3.16. The maximum atomic E-state index is 13.0. The smallest absolute Gasteiger partial charge is 0.269 e. The van der Waals surface area contributed by atoms with E-state index in [4.69, 9.17) is 5.73 Å². The Balaban J connectivity index is 1.35. The number of H-pyrrole nitrogens is 1. The molecule has 1 unspecified atom stereocenters. The second-order valence-corrected chi connectivity index (χ2v) is 7.91. The molecule has 2 fully saturated rings. The first-order valence-electron chi connectivity index (χ1n) is 9.93. The van der Waals surface area contributed by atoms with Crippen molar-refractivity contribution >= 4 is 23.4 Å². The molecule has 152 valence electrons. The van der Waals surface area contributed by atoms with Crippen LogP contribution >= 0.6 is 0 Å². The van der Waals surface area contributed by atoms with Gasteiger partial charge in [0.2, 0.25) is 11.8 Å². The first kappa shape index (κ1) is 19.2. The van der Waals surface area contributed by atoms with Crippen molar-refractivity contribution in [3.63, 3.8) is 0 Å². The molecule has 0 saturated carbocycles. The summed E-state index contributed by atoms with van der Waals surface area (Å²) in [5, 5.41) is 6.82. The minimum atomic E-state index is -0.552. The third kappa shape index (κ3) is 3.87. The van der Waals surface area contributed by atoms with E-state index in [0.717, 1.165) is 29.8 Å². The van der Waals surface area contributed by atoms with Crippen LogP contribution in [0.1, 0.15) is 46.9 Å². The highest BCUT2D eigenvalue weighted by Gasteiger charge is 2.38. The number of nitrogens with one attached hydrogen (secondary N) is 1. The number of aromatic nitrogens is 2. The lowest BCUT2D eigenvalue weighted by atomic mass is 9.92. The predicted molar refractivity (Wildman–Crippen MR) is 107 cm³/mol. The average Bonchev–Trinajstić information content (AvgIpc) is 3.36. The number of primary amides is 1. The van der Waals surface area contributed by atoms with E-state index in [0.29, 0.717) is 19.6 Å². The minimum Gasteiger partial charge on any atom is -0.364 e. The van der Waals surface area contributed by atoms with Gasteiger partial charge >= 0.3 is 0 Å². The van der Waals surface area contributed by atoms with Gasteiger partial charge in [-0.1, -0.05) is 17.7 Å². The van der Waals surface area contributed by atoms with Crippen LogP contribution in [0.15, 0.2) is 30.3 Å². The highest BCUT2D eigenvalue weighted by Crippen LogP contribution is 2.30. The summed E-state index contributed by atoms with van der Waals surface area (Å²) in [7, 11) is 0. The molecule has 2 saturated heterocycles. The van der Waals surface area contributed by atoms with E-state index in [9.17, 15) is 14.4 Å². The number of nitrogens with zero attached hydrogens (tertiary/aromatic N) is 3. The standard InChI is InChI=1S/C21H25N5O3/c1-13-2-4-16(5-3-13)26-12-15(10-19(26)27)21(29)25-8-6-14(7-9-25)17-11-18(20(22)28)24-23-17/h2-5,11,14-15H,6-10,12H2,1H3,(H2,22,28)(H,23,24). The molecule has 0 aliphatic carbocycles. The Bertz CT molecular complexity index is 928. The lowest BCUT2D eigenvalue weighted by Crippen LogP contribution is -2.42. The van der Waals surface area contributed by atoms with Gasteiger partial charge in [0.05, 0.1) is 5.92 Å². The van der Waals surface area contributed by atoms with Gasteiger partial charge in [0, 0.05) is 43.4 Å². The first-order valence-corrected chi connectivity index (χ1v) is 9.93. The van der Waals surface area contributed by atoms with Crippen LogP contribution in [0.5, 0.6) is 0 Å². The maximum Gasteiger partial charge on any atom is 0.269 e. The summed E-state index contributed by atoms with van der Waals surface area (Å²) < 4.78 is 0. The third-order valence-electron chi connectivity index (χ3n) is 5.92. The number of aromatic amines is 1. The van der Waals surface area contributed by atoms with Crippen molar-refractivity contribution in [3.8, 4) is 0 Å². The van der Waals surface area contributed by atoms with Gasteiger partial charge in [0.25, 0.3) is 5.91 Å². The number of likely N-dealkylation sites (tertiary alicyclic amines) is 1. The first-order chi connectivity index (χ1) is 13.9. The van der Waals surface area contributed by atoms with Crippen molar-refractivity contribution in [1.29, 1.82) is 0 Å². The van der Waals surface area contributed by atoms with Crippen LogP contribution in [0.3, 0.4) is 0 Å². The van der Waals surface area contributed by atoms with Gasteiger partial charge < -0.3 is 15.5 Å². The molecule has 0 radical (unpaired) electrons. The molecular formula is C21H25N5O3. The van der Waals surface area contributed by atoms with E-state index in [1.807, 2.05) is 36.1 Å². The van der Waals surface area contributed by atoms with Gasteiger partial charge in [-0.25, -0.2) is 0 Å². The van der Waals surface area contributed by atoms with Crippen molar-refractivity contribution in [3.05, 3.63) is 47.3 Å². The van der Waals surface area contributed by atoms with Crippen LogP contribution in [-0.4, -0.2) is 52.5 Å². The maximum absolute atomic E-state index is 13.0. The predicted octanol–water partition coefficient (Wildman–Crippen LogP) is 1.58. The fourth-order valence-corrected chi connectivity index (χ4v) is 4.19. The monoisotopic (exact) mass is 395 g/mol. The number of carbonyl (C=O) groups is 3. The number of benzene rings is 1. The topological polar surface area (TPSA) is 112 Å². The number of hydrogen-bond acceptors (Lipinski definition) is 4. The van der Waals surface area contributed by atoms with Gasteiger partial charge in [0.15, 0.2) is 0 Å². The molecule has 0 spiro atoms. The molecule has 8 heteroatoms. The van der Waals surface area contributed by atoms with Gasteiger partial charge in [-0.05, 0) is 38.0 Å².